The lowest BCUT2D eigenvalue weighted by Crippen LogP contribution is -2.30. The lowest BCUT2D eigenvalue weighted by molar-refractivity contribution is 0.0947. The van der Waals surface area contributed by atoms with Gasteiger partial charge in [0.15, 0.2) is 0 Å². The number of nitrogens with one attached hydrogen (secondary N) is 1. The fourth-order valence-corrected chi connectivity index (χ4v) is 2.32. The van der Waals surface area contributed by atoms with Crippen molar-refractivity contribution in [3.8, 4) is 0 Å². The fourth-order valence-electron chi connectivity index (χ4n) is 2.32. The second-order valence-electron chi connectivity index (χ2n) is 5.03. The Morgan fingerprint density at radius 3 is 2.72 bits per heavy atom. The molecule has 0 aliphatic carbocycles. The first-order valence-corrected chi connectivity index (χ1v) is 6.45. The van der Waals surface area contributed by atoms with Gasteiger partial charge in [-0.2, -0.15) is 0 Å². The van der Waals surface area contributed by atoms with Gasteiger partial charge in [-0.1, -0.05) is 12.1 Å². The zero-order valence-electron chi connectivity index (χ0n) is 10.9. The molecule has 1 aliphatic rings. The SMILES string of the molecule is CN1CCC(CNC(=O)c2ccc(CN)cc2)C1. The molecular weight excluding hydrogens is 226 g/mol. The Morgan fingerprint density at radius 2 is 2.17 bits per heavy atom. The van der Waals surface area contributed by atoms with Gasteiger partial charge in [0, 0.05) is 25.2 Å². The Bertz CT molecular complexity index is 402. The van der Waals surface area contributed by atoms with E-state index < -0.39 is 0 Å². The van der Waals surface area contributed by atoms with Crippen LogP contribution in [0, 0.1) is 5.92 Å². The van der Waals surface area contributed by atoms with Crippen LogP contribution in [-0.2, 0) is 6.54 Å². The minimum atomic E-state index is 0.00752. The van der Waals surface area contributed by atoms with Crippen molar-refractivity contribution in [2.45, 2.75) is 13.0 Å². The molecule has 1 aromatic carbocycles. The Balaban J connectivity index is 1.83. The summed E-state index contributed by atoms with van der Waals surface area (Å²) in [5.41, 5.74) is 7.28. The summed E-state index contributed by atoms with van der Waals surface area (Å²) < 4.78 is 0. The molecule has 0 radical (unpaired) electrons. The number of carbonyl (C=O) groups excluding carboxylic acids is 1. The molecule has 1 saturated heterocycles. The molecule has 1 aliphatic heterocycles. The Labute approximate surface area is 108 Å². The molecule has 2 rings (SSSR count). The molecule has 1 fully saturated rings. The lowest BCUT2D eigenvalue weighted by Gasteiger charge is -2.11. The van der Waals surface area contributed by atoms with Crippen molar-refractivity contribution in [3.63, 3.8) is 0 Å². The standard InChI is InChI=1S/C14H21N3O/c1-17-7-6-12(10-17)9-16-14(18)13-4-2-11(8-15)3-5-13/h2-5,12H,6-10,15H2,1H3,(H,16,18). The van der Waals surface area contributed by atoms with Gasteiger partial charge in [0.05, 0.1) is 0 Å². The van der Waals surface area contributed by atoms with Crippen molar-refractivity contribution in [2.75, 3.05) is 26.7 Å². The van der Waals surface area contributed by atoms with Crippen LogP contribution >= 0.6 is 0 Å². The molecule has 4 heteroatoms. The maximum Gasteiger partial charge on any atom is 0.251 e. The molecule has 1 atom stereocenters. The molecule has 0 aromatic heterocycles. The van der Waals surface area contributed by atoms with Gasteiger partial charge in [0.2, 0.25) is 0 Å². The van der Waals surface area contributed by atoms with Gasteiger partial charge < -0.3 is 16.0 Å². The number of nitrogens with zero attached hydrogens (tertiary/aromatic N) is 1. The minimum absolute atomic E-state index is 0.00752. The van der Waals surface area contributed by atoms with Crippen LogP contribution in [0.1, 0.15) is 22.3 Å². The van der Waals surface area contributed by atoms with E-state index in [1.54, 1.807) is 0 Å². The smallest absolute Gasteiger partial charge is 0.251 e. The van der Waals surface area contributed by atoms with Crippen LogP contribution in [0.5, 0.6) is 0 Å². The second-order valence-corrected chi connectivity index (χ2v) is 5.03. The van der Waals surface area contributed by atoms with E-state index in [9.17, 15) is 4.79 Å². The van der Waals surface area contributed by atoms with Crippen LogP contribution in [0.4, 0.5) is 0 Å². The number of hydrogen-bond donors (Lipinski definition) is 2. The number of likely N-dealkylation sites (tertiary alicyclic amines) is 1. The van der Waals surface area contributed by atoms with E-state index in [-0.39, 0.29) is 5.91 Å². The zero-order chi connectivity index (χ0) is 13.0. The average Bonchev–Trinajstić information content (AvgIpc) is 2.82. The van der Waals surface area contributed by atoms with Crippen molar-refractivity contribution in [1.82, 2.24) is 10.2 Å². The van der Waals surface area contributed by atoms with E-state index >= 15 is 0 Å². The predicted octanol–water partition coefficient (Wildman–Crippen LogP) is 0.827. The molecule has 98 valence electrons. The van der Waals surface area contributed by atoms with Crippen molar-refractivity contribution in [1.29, 1.82) is 0 Å². The van der Waals surface area contributed by atoms with E-state index in [0.717, 1.165) is 25.2 Å². The van der Waals surface area contributed by atoms with E-state index in [1.165, 1.54) is 6.42 Å². The fraction of sp³-hybridized carbons (Fsp3) is 0.500. The first-order chi connectivity index (χ1) is 8.69. The molecule has 18 heavy (non-hydrogen) atoms. The van der Waals surface area contributed by atoms with Crippen molar-refractivity contribution in [2.24, 2.45) is 11.7 Å². The maximum absolute atomic E-state index is 11.9. The van der Waals surface area contributed by atoms with Crippen LogP contribution in [0.2, 0.25) is 0 Å². The number of hydrogen-bond acceptors (Lipinski definition) is 3. The third-order valence-corrected chi connectivity index (χ3v) is 3.49. The normalized spacial score (nSPS) is 20.0. The summed E-state index contributed by atoms with van der Waals surface area (Å²) >= 11 is 0. The number of amides is 1. The molecular formula is C14H21N3O. The van der Waals surface area contributed by atoms with Crippen molar-refractivity contribution >= 4 is 5.91 Å². The number of nitrogens with two attached hydrogens (primary N) is 1. The molecule has 3 N–H and O–H groups in total. The van der Waals surface area contributed by atoms with Gasteiger partial charge in [-0.05, 0) is 43.6 Å². The summed E-state index contributed by atoms with van der Waals surface area (Å²) in [6.07, 6.45) is 1.17. The van der Waals surface area contributed by atoms with Crippen LogP contribution in [-0.4, -0.2) is 37.5 Å². The zero-order valence-corrected chi connectivity index (χ0v) is 10.9. The van der Waals surface area contributed by atoms with Crippen LogP contribution < -0.4 is 11.1 Å². The predicted molar refractivity (Wildman–Crippen MR) is 72.3 cm³/mol. The molecule has 0 saturated carbocycles. The van der Waals surface area contributed by atoms with Gasteiger partial charge in [0.1, 0.15) is 0 Å². The van der Waals surface area contributed by atoms with Crippen LogP contribution in [0.15, 0.2) is 24.3 Å². The lowest BCUT2D eigenvalue weighted by atomic mass is 10.1. The second kappa shape index (κ2) is 5.98. The molecule has 1 amide bonds. The summed E-state index contributed by atoms with van der Waals surface area (Å²) in [6.45, 7) is 3.48. The molecule has 0 spiro atoms. The van der Waals surface area contributed by atoms with Gasteiger partial charge in [-0.25, -0.2) is 0 Å². The average molecular weight is 247 g/mol. The monoisotopic (exact) mass is 247 g/mol. The van der Waals surface area contributed by atoms with Gasteiger partial charge >= 0.3 is 0 Å². The summed E-state index contributed by atoms with van der Waals surface area (Å²) in [7, 11) is 2.12. The summed E-state index contributed by atoms with van der Waals surface area (Å²) in [5.74, 6) is 0.593. The molecule has 1 unspecified atom stereocenters. The Kier molecular flexibility index (Phi) is 4.33. The maximum atomic E-state index is 11.9. The highest BCUT2D eigenvalue weighted by molar-refractivity contribution is 5.94. The third-order valence-electron chi connectivity index (χ3n) is 3.49. The summed E-state index contributed by atoms with van der Waals surface area (Å²) in [4.78, 5) is 14.2. The largest absolute Gasteiger partial charge is 0.352 e. The summed E-state index contributed by atoms with van der Waals surface area (Å²) in [6, 6.07) is 7.47. The molecule has 1 heterocycles. The number of benzene rings is 1. The summed E-state index contributed by atoms with van der Waals surface area (Å²) in [5, 5.41) is 3.00. The van der Waals surface area contributed by atoms with E-state index in [1.807, 2.05) is 24.3 Å². The van der Waals surface area contributed by atoms with Crippen molar-refractivity contribution in [3.05, 3.63) is 35.4 Å². The first-order valence-electron chi connectivity index (χ1n) is 6.45. The van der Waals surface area contributed by atoms with Crippen LogP contribution in [0.25, 0.3) is 0 Å². The highest BCUT2D eigenvalue weighted by atomic mass is 16.1. The van der Waals surface area contributed by atoms with Gasteiger partial charge in [-0.15, -0.1) is 0 Å². The van der Waals surface area contributed by atoms with Gasteiger partial charge in [0.25, 0.3) is 5.91 Å². The molecule has 4 nitrogen and oxygen atoms in total. The molecule has 0 bridgehead atoms. The highest BCUT2D eigenvalue weighted by Gasteiger charge is 2.19. The van der Waals surface area contributed by atoms with E-state index in [2.05, 4.69) is 17.3 Å². The van der Waals surface area contributed by atoms with Crippen molar-refractivity contribution < 1.29 is 4.79 Å². The quantitative estimate of drug-likeness (QED) is 0.828. The number of rotatable bonds is 4. The molecule has 1 aromatic rings. The Hall–Kier alpha value is -1.39. The minimum Gasteiger partial charge on any atom is -0.352 e. The van der Waals surface area contributed by atoms with E-state index in [4.69, 9.17) is 5.73 Å². The Morgan fingerprint density at radius 1 is 1.44 bits per heavy atom. The number of carbonyl (C=O) groups is 1. The van der Waals surface area contributed by atoms with Crippen LogP contribution in [0.3, 0.4) is 0 Å². The third kappa shape index (κ3) is 3.31. The van der Waals surface area contributed by atoms with Gasteiger partial charge in [-0.3, -0.25) is 4.79 Å². The topological polar surface area (TPSA) is 58.4 Å². The van der Waals surface area contributed by atoms with E-state index in [0.29, 0.717) is 18.0 Å². The first kappa shape index (κ1) is 13.1. The highest BCUT2D eigenvalue weighted by Crippen LogP contribution is 2.13.